The number of carboxylic acids is 1. The average molecular weight is 202 g/mol. The third kappa shape index (κ3) is 8.05. The van der Waals surface area contributed by atoms with E-state index in [9.17, 15) is 4.79 Å². The van der Waals surface area contributed by atoms with Crippen molar-refractivity contribution in [3.8, 4) is 0 Å². The summed E-state index contributed by atoms with van der Waals surface area (Å²) in [6.45, 7) is 4.41. The zero-order valence-electron chi connectivity index (χ0n) is 9.20. The Labute approximate surface area is 86.1 Å². The number of unbranched alkanes of at least 4 members (excludes halogenated alkanes) is 3. The highest BCUT2D eigenvalue weighted by Gasteiger charge is 2.11. The van der Waals surface area contributed by atoms with E-state index in [1.165, 1.54) is 12.8 Å². The fraction of sp³-hybridized carbons (Fsp3) is 0.909. The average Bonchev–Trinajstić information content (AvgIpc) is 2.09. The summed E-state index contributed by atoms with van der Waals surface area (Å²) in [5.41, 5.74) is 0. The molecule has 0 aliphatic carbocycles. The van der Waals surface area contributed by atoms with Gasteiger partial charge in [0.15, 0.2) is 6.10 Å². The van der Waals surface area contributed by atoms with E-state index in [-0.39, 0.29) is 0 Å². The molecule has 0 amide bonds. The number of aliphatic carboxylic acids is 1. The van der Waals surface area contributed by atoms with E-state index >= 15 is 0 Å². The maximum atomic E-state index is 10.3. The van der Waals surface area contributed by atoms with Crippen molar-refractivity contribution in [2.45, 2.75) is 58.5 Å². The predicted molar refractivity (Wildman–Crippen MR) is 56.2 cm³/mol. The van der Waals surface area contributed by atoms with Crippen LogP contribution in [0.2, 0.25) is 0 Å². The molecular formula is C11H22O3. The van der Waals surface area contributed by atoms with Crippen LogP contribution < -0.4 is 0 Å². The normalized spacial score (nSPS) is 13.1. The second-order valence-corrected chi connectivity index (χ2v) is 4.24. The molecule has 14 heavy (non-hydrogen) atoms. The minimum Gasteiger partial charge on any atom is -0.479 e. The molecule has 1 atom stereocenters. The van der Waals surface area contributed by atoms with Gasteiger partial charge in [-0.25, -0.2) is 4.79 Å². The number of hydrogen-bond acceptors (Lipinski definition) is 2. The predicted octanol–water partition coefficient (Wildman–Crippen LogP) is 2.43. The maximum absolute atomic E-state index is 10.3. The molecular weight excluding hydrogens is 180 g/mol. The number of carboxylic acid groups (broad SMARTS) is 1. The first kappa shape index (κ1) is 13.4. The summed E-state index contributed by atoms with van der Waals surface area (Å²) in [6, 6.07) is 0. The summed E-state index contributed by atoms with van der Waals surface area (Å²) in [5.74, 6) is -0.355. The Balaban J connectivity index is 3.17. The first-order chi connectivity index (χ1) is 6.54. The summed E-state index contributed by atoms with van der Waals surface area (Å²) >= 11 is 0. The largest absolute Gasteiger partial charge is 0.479 e. The van der Waals surface area contributed by atoms with Crippen LogP contribution in [-0.2, 0) is 4.79 Å². The Morgan fingerprint density at radius 2 is 1.57 bits per heavy atom. The van der Waals surface area contributed by atoms with Crippen molar-refractivity contribution in [3.63, 3.8) is 0 Å². The lowest BCUT2D eigenvalue weighted by atomic mass is 10.0. The molecule has 0 radical (unpaired) electrons. The van der Waals surface area contributed by atoms with E-state index in [0.29, 0.717) is 6.42 Å². The Morgan fingerprint density at radius 3 is 2.00 bits per heavy atom. The topological polar surface area (TPSA) is 57.5 Å². The molecule has 0 spiro atoms. The molecule has 2 N–H and O–H groups in total. The first-order valence-electron chi connectivity index (χ1n) is 5.45. The van der Waals surface area contributed by atoms with E-state index in [1.807, 2.05) is 0 Å². The summed E-state index contributed by atoms with van der Waals surface area (Å²) in [4.78, 5) is 10.3. The van der Waals surface area contributed by atoms with Crippen LogP contribution in [0.15, 0.2) is 0 Å². The highest BCUT2D eigenvalue weighted by Crippen LogP contribution is 2.11. The Hall–Kier alpha value is -0.570. The van der Waals surface area contributed by atoms with Gasteiger partial charge in [-0.2, -0.15) is 0 Å². The SMILES string of the molecule is CC(C)CCCCCCC(O)C(=O)O. The fourth-order valence-corrected chi connectivity index (χ4v) is 1.37. The fourth-order valence-electron chi connectivity index (χ4n) is 1.37. The van der Waals surface area contributed by atoms with Gasteiger partial charge in [-0.05, 0) is 12.3 Å². The third-order valence-electron chi connectivity index (χ3n) is 2.29. The molecule has 0 aromatic rings. The number of aliphatic hydroxyl groups is 1. The van der Waals surface area contributed by atoms with Crippen LogP contribution in [0, 0.1) is 5.92 Å². The van der Waals surface area contributed by atoms with Gasteiger partial charge in [0.1, 0.15) is 0 Å². The molecule has 84 valence electrons. The number of aliphatic hydroxyl groups excluding tert-OH is 1. The molecule has 0 fully saturated rings. The van der Waals surface area contributed by atoms with Crippen LogP contribution >= 0.6 is 0 Å². The zero-order chi connectivity index (χ0) is 11.0. The molecule has 0 heterocycles. The van der Waals surface area contributed by atoms with Gasteiger partial charge in [-0.15, -0.1) is 0 Å². The van der Waals surface area contributed by atoms with E-state index < -0.39 is 12.1 Å². The first-order valence-corrected chi connectivity index (χ1v) is 5.45. The minimum absolute atomic E-state index is 0.386. The van der Waals surface area contributed by atoms with E-state index in [2.05, 4.69) is 13.8 Å². The van der Waals surface area contributed by atoms with Crippen molar-refractivity contribution in [3.05, 3.63) is 0 Å². The zero-order valence-corrected chi connectivity index (χ0v) is 9.20. The maximum Gasteiger partial charge on any atom is 0.332 e. The summed E-state index contributed by atoms with van der Waals surface area (Å²) < 4.78 is 0. The molecule has 1 unspecified atom stereocenters. The highest BCUT2D eigenvalue weighted by molar-refractivity contribution is 5.71. The van der Waals surface area contributed by atoms with Gasteiger partial charge in [-0.1, -0.05) is 46.0 Å². The number of hydrogen-bond donors (Lipinski definition) is 2. The van der Waals surface area contributed by atoms with Crippen molar-refractivity contribution in [1.29, 1.82) is 0 Å². The molecule has 0 aliphatic heterocycles. The van der Waals surface area contributed by atoms with Gasteiger partial charge >= 0.3 is 5.97 Å². The Kier molecular flexibility index (Phi) is 7.48. The van der Waals surface area contributed by atoms with Gasteiger partial charge in [0, 0.05) is 0 Å². The van der Waals surface area contributed by atoms with Crippen LogP contribution in [0.5, 0.6) is 0 Å². The number of carbonyl (C=O) groups is 1. The molecule has 3 heteroatoms. The molecule has 3 nitrogen and oxygen atoms in total. The molecule has 0 aromatic carbocycles. The lowest BCUT2D eigenvalue weighted by molar-refractivity contribution is -0.146. The lowest BCUT2D eigenvalue weighted by Gasteiger charge is -2.06. The van der Waals surface area contributed by atoms with Gasteiger partial charge in [0.05, 0.1) is 0 Å². The molecule has 0 bridgehead atoms. The molecule has 0 saturated heterocycles. The van der Waals surface area contributed by atoms with Crippen LogP contribution in [-0.4, -0.2) is 22.3 Å². The second kappa shape index (κ2) is 7.80. The highest BCUT2D eigenvalue weighted by atomic mass is 16.4. The molecule has 0 saturated carbocycles. The van der Waals surface area contributed by atoms with Gasteiger partial charge in [0.25, 0.3) is 0 Å². The van der Waals surface area contributed by atoms with Crippen LogP contribution in [0.4, 0.5) is 0 Å². The van der Waals surface area contributed by atoms with Crippen molar-refractivity contribution in [2.75, 3.05) is 0 Å². The second-order valence-electron chi connectivity index (χ2n) is 4.24. The van der Waals surface area contributed by atoms with Crippen LogP contribution in [0.1, 0.15) is 52.4 Å². The minimum atomic E-state index is -1.17. The van der Waals surface area contributed by atoms with E-state index in [4.69, 9.17) is 10.2 Å². The van der Waals surface area contributed by atoms with Gasteiger partial charge < -0.3 is 10.2 Å². The van der Waals surface area contributed by atoms with Crippen molar-refractivity contribution >= 4 is 5.97 Å². The summed E-state index contributed by atoms with van der Waals surface area (Å²) in [7, 11) is 0. The van der Waals surface area contributed by atoms with Gasteiger partial charge in [0.2, 0.25) is 0 Å². The summed E-state index contributed by atoms with van der Waals surface area (Å²) in [5, 5.41) is 17.4. The smallest absolute Gasteiger partial charge is 0.332 e. The lowest BCUT2D eigenvalue weighted by Crippen LogP contribution is -2.18. The molecule has 0 aromatic heterocycles. The van der Waals surface area contributed by atoms with E-state index in [1.54, 1.807) is 0 Å². The summed E-state index contributed by atoms with van der Waals surface area (Å²) in [6.07, 6.45) is 4.65. The third-order valence-corrected chi connectivity index (χ3v) is 2.29. The van der Waals surface area contributed by atoms with Crippen molar-refractivity contribution in [1.82, 2.24) is 0 Å². The van der Waals surface area contributed by atoms with Crippen molar-refractivity contribution in [2.24, 2.45) is 5.92 Å². The number of rotatable bonds is 8. The van der Waals surface area contributed by atoms with Gasteiger partial charge in [-0.3, -0.25) is 0 Å². The van der Waals surface area contributed by atoms with Crippen molar-refractivity contribution < 1.29 is 15.0 Å². The van der Waals surface area contributed by atoms with Crippen LogP contribution in [0.3, 0.4) is 0 Å². The molecule has 0 rings (SSSR count). The van der Waals surface area contributed by atoms with Crippen LogP contribution in [0.25, 0.3) is 0 Å². The standard InChI is InChI=1S/C11H22O3/c1-9(2)7-5-3-4-6-8-10(12)11(13)14/h9-10,12H,3-8H2,1-2H3,(H,13,14). The monoisotopic (exact) mass is 202 g/mol. The van der Waals surface area contributed by atoms with E-state index in [0.717, 1.165) is 25.2 Å². The quantitative estimate of drug-likeness (QED) is 0.594. The Morgan fingerprint density at radius 1 is 1.07 bits per heavy atom. The molecule has 0 aliphatic rings. The Bertz CT molecular complexity index is 155.